The van der Waals surface area contributed by atoms with Crippen molar-refractivity contribution < 1.29 is 24.2 Å². The van der Waals surface area contributed by atoms with Crippen LogP contribution in [0.1, 0.15) is 316 Å². The number of carboxylic acids is 1. The zero-order valence-corrected chi connectivity index (χ0v) is 41.8. The van der Waals surface area contributed by atoms with Crippen LogP contribution in [0.3, 0.4) is 0 Å². The van der Waals surface area contributed by atoms with E-state index in [-0.39, 0.29) is 18.0 Å². The summed E-state index contributed by atoms with van der Waals surface area (Å²) in [4.78, 5) is 36.6. The van der Waals surface area contributed by atoms with Gasteiger partial charge in [-0.1, -0.05) is 251 Å². The number of amides is 1. The number of nitrogens with two attached hydrogens (primary N) is 1. The summed E-state index contributed by atoms with van der Waals surface area (Å²) < 4.78 is 6.11. The second-order valence-corrected chi connectivity index (χ2v) is 19.4. The van der Waals surface area contributed by atoms with Crippen LogP contribution < -0.4 is 11.1 Å². The molecule has 0 aliphatic rings. The minimum atomic E-state index is -0.998. The van der Waals surface area contributed by atoms with Gasteiger partial charge in [0.25, 0.3) is 0 Å². The third kappa shape index (κ3) is 46.4. The van der Waals surface area contributed by atoms with Gasteiger partial charge in [0.2, 0.25) is 5.91 Å². The molecule has 2 atom stereocenters. The van der Waals surface area contributed by atoms with Crippen LogP contribution in [0.2, 0.25) is 0 Å². The summed E-state index contributed by atoms with van der Waals surface area (Å²) in [7, 11) is 0. The summed E-state index contributed by atoms with van der Waals surface area (Å²) >= 11 is 0. The van der Waals surface area contributed by atoms with Gasteiger partial charge in [-0.05, 0) is 57.9 Å². The van der Waals surface area contributed by atoms with Crippen LogP contribution in [0.5, 0.6) is 0 Å². The third-order valence-electron chi connectivity index (χ3n) is 13.2. The number of hydrogen-bond acceptors (Lipinski definition) is 5. The number of carbonyl (C=O) groups excluding carboxylic acids is 2. The normalized spacial score (nSPS) is 12.4. The number of esters is 1. The number of carboxylic acid groups (broad SMARTS) is 1. The summed E-state index contributed by atoms with van der Waals surface area (Å²) in [6.07, 6.45) is 57.5. The molecule has 0 heterocycles. The molecule has 0 rings (SSSR count). The number of rotatable bonds is 52. The molecular weight excluding hydrogens is 769 g/mol. The van der Waals surface area contributed by atoms with Gasteiger partial charge in [-0.25, -0.2) is 4.79 Å². The van der Waals surface area contributed by atoms with Crippen molar-refractivity contribution in [2.24, 2.45) is 5.73 Å². The Bertz CT molecular complexity index is 945. The van der Waals surface area contributed by atoms with E-state index < -0.39 is 12.0 Å². The van der Waals surface area contributed by atoms with Crippen molar-refractivity contribution in [3.63, 3.8) is 0 Å². The highest BCUT2D eigenvalue weighted by Gasteiger charge is 2.19. The molecule has 0 saturated heterocycles. The Hall–Kier alpha value is -1.63. The third-order valence-corrected chi connectivity index (χ3v) is 13.2. The van der Waals surface area contributed by atoms with Crippen molar-refractivity contribution in [2.75, 3.05) is 6.54 Å². The minimum Gasteiger partial charge on any atom is -0.480 e. The fraction of sp³-hybridized carbons (Fsp3) is 0.945. The zero-order chi connectivity index (χ0) is 45.2. The van der Waals surface area contributed by atoms with Crippen molar-refractivity contribution in [2.45, 2.75) is 328 Å². The molecule has 1 amide bonds. The fourth-order valence-corrected chi connectivity index (χ4v) is 8.99. The first-order valence-electron chi connectivity index (χ1n) is 27.9. The van der Waals surface area contributed by atoms with Gasteiger partial charge in [0.1, 0.15) is 12.1 Å². The lowest BCUT2D eigenvalue weighted by atomic mass is 10.0. The van der Waals surface area contributed by atoms with Crippen molar-refractivity contribution in [1.82, 2.24) is 5.32 Å². The van der Waals surface area contributed by atoms with Gasteiger partial charge in [-0.3, -0.25) is 9.59 Å². The van der Waals surface area contributed by atoms with E-state index in [9.17, 15) is 19.5 Å². The first kappa shape index (κ1) is 60.4. The molecule has 0 aromatic rings. The van der Waals surface area contributed by atoms with Gasteiger partial charge in [-0.2, -0.15) is 0 Å². The summed E-state index contributed by atoms with van der Waals surface area (Å²) in [5, 5.41) is 12.0. The predicted octanol–water partition coefficient (Wildman–Crippen LogP) is 16.8. The van der Waals surface area contributed by atoms with Crippen molar-refractivity contribution in [3.05, 3.63) is 0 Å². The van der Waals surface area contributed by atoms with Gasteiger partial charge in [0.15, 0.2) is 0 Å². The van der Waals surface area contributed by atoms with Crippen LogP contribution in [0, 0.1) is 0 Å². The molecule has 62 heavy (non-hydrogen) atoms. The number of carbonyl (C=O) groups is 3. The van der Waals surface area contributed by atoms with Gasteiger partial charge >= 0.3 is 11.9 Å². The number of hydrogen-bond donors (Lipinski definition) is 3. The van der Waals surface area contributed by atoms with Crippen LogP contribution in [0.4, 0.5) is 0 Å². The Labute approximate surface area is 386 Å². The van der Waals surface area contributed by atoms with Gasteiger partial charge in [0.05, 0.1) is 0 Å². The highest BCUT2D eigenvalue weighted by Crippen LogP contribution is 2.20. The van der Waals surface area contributed by atoms with E-state index in [2.05, 4.69) is 19.2 Å². The van der Waals surface area contributed by atoms with Crippen LogP contribution >= 0.6 is 0 Å². The van der Waals surface area contributed by atoms with Gasteiger partial charge < -0.3 is 20.9 Å². The molecule has 0 spiro atoms. The summed E-state index contributed by atoms with van der Waals surface area (Å²) in [5.41, 5.74) is 5.51. The number of unbranched alkanes of at least 4 members (excludes halogenated alkanes) is 38. The summed E-state index contributed by atoms with van der Waals surface area (Å²) in [6, 6.07) is -0.853. The molecule has 0 radical (unpaired) electrons. The van der Waals surface area contributed by atoms with E-state index in [0.717, 1.165) is 64.2 Å². The van der Waals surface area contributed by atoms with Crippen LogP contribution in [-0.2, 0) is 19.1 Å². The maximum absolute atomic E-state index is 12.9. The zero-order valence-electron chi connectivity index (χ0n) is 41.8. The molecular formula is C55H108N2O5. The lowest BCUT2D eigenvalue weighted by molar-refractivity contribution is -0.150. The smallest absolute Gasteiger partial charge is 0.326 e. The molecule has 0 bridgehead atoms. The van der Waals surface area contributed by atoms with E-state index in [1.807, 2.05) is 0 Å². The number of nitrogens with one attached hydrogen (secondary N) is 1. The first-order valence-corrected chi connectivity index (χ1v) is 27.9. The first-order chi connectivity index (χ1) is 30.4. The SMILES string of the molecule is CCCCCCCCCCCCCCCCCCCCCCCCC(=O)OC(CCCCCCCCCCCCCCCC)CCCCCCCC(=O)NC(CCCN)C(=O)O. The average Bonchev–Trinajstić information content (AvgIpc) is 3.26. The van der Waals surface area contributed by atoms with E-state index in [1.54, 1.807) is 0 Å². The van der Waals surface area contributed by atoms with Crippen LogP contribution in [-0.4, -0.2) is 41.6 Å². The Morgan fingerprint density at radius 1 is 0.403 bits per heavy atom. The Balaban J connectivity index is 4.15. The number of aliphatic carboxylic acids is 1. The highest BCUT2D eigenvalue weighted by molar-refractivity contribution is 5.83. The highest BCUT2D eigenvalue weighted by atomic mass is 16.5. The molecule has 0 aliphatic carbocycles. The average molecular weight is 877 g/mol. The Morgan fingerprint density at radius 3 is 1.00 bits per heavy atom. The van der Waals surface area contributed by atoms with Crippen LogP contribution in [0.15, 0.2) is 0 Å². The van der Waals surface area contributed by atoms with Crippen molar-refractivity contribution in [1.29, 1.82) is 0 Å². The maximum atomic E-state index is 12.9. The molecule has 0 aromatic heterocycles. The lowest BCUT2D eigenvalue weighted by Gasteiger charge is -2.18. The molecule has 0 aliphatic heterocycles. The molecule has 4 N–H and O–H groups in total. The second kappa shape index (κ2) is 50.4. The molecule has 7 heteroatoms. The molecule has 0 aromatic carbocycles. The van der Waals surface area contributed by atoms with E-state index in [1.165, 1.54) is 212 Å². The molecule has 0 saturated carbocycles. The number of ether oxygens (including phenoxy) is 1. The summed E-state index contributed by atoms with van der Waals surface area (Å²) in [5.74, 6) is -1.20. The van der Waals surface area contributed by atoms with E-state index in [4.69, 9.17) is 10.5 Å². The second-order valence-electron chi connectivity index (χ2n) is 19.4. The summed E-state index contributed by atoms with van der Waals surface area (Å²) in [6.45, 7) is 4.99. The van der Waals surface area contributed by atoms with Crippen molar-refractivity contribution in [3.8, 4) is 0 Å². The quantitative estimate of drug-likeness (QED) is 0.0414. The van der Waals surface area contributed by atoms with E-state index >= 15 is 0 Å². The molecule has 7 nitrogen and oxygen atoms in total. The topological polar surface area (TPSA) is 119 Å². The maximum Gasteiger partial charge on any atom is 0.326 e. The Morgan fingerprint density at radius 2 is 0.694 bits per heavy atom. The largest absolute Gasteiger partial charge is 0.480 e. The van der Waals surface area contributed by atoms with Gasteiger partial charge in [-0.15, -0.1) is 0 Å². The Kier molecular flexibility index (Phi) is 49.0. The lowest BCUT2D eigenvalue weighted by Crippen LogP contribution is -2.40. The fourth-order valence-electron chi connectivity index (χ4n) is 8.99. The van der Waals surface area contributed by atoms with E-state index in [0.29, 0.717) is 32.2 Å². The molecule has 2 unspecified atom stereocenters. The molecule has 0 fully saturated rings. The van der Waals surface area contributed by atoms with Crippen LogP contribution in [0.25, 0.3) is 0 Å². The molecule has 368 valence electrons. The predicted molar refractivity (Wildman–Crippen MR) is 267 cm³/mol. The standard InChI is InChI=1S/C55H108N2O5/c1-3-5-7-9-11-13-15-17-19-20-21-22-23-24-25-26-28-30-32-34-39-43-49-54(59)62-51(45-40-36-33-31-29-27-18-16-14-12-10-8-6-4-2)46-41-37-35-38-42-48-53(58)57-52(55(60)61)47-44-50-56/h51-52H,3-50,56H2,1-2H3,(H,57,58)(H,60,61). The minimum absolute atomic E-state index is 0.00864. The monoisotopic (exact) mass is 877 g/mol. The van der Waals surface area contributed by atoms with Crippen molar-refractivity contribution >= 4 is 17.8 Å². The van der Waals surface area contributed by atoms with Gasteiger partial charge in [0, 0.05) is 12.8 Å².